The Hall–Kier alpha value is -7.86. The van der Waals surface area contributed by atoms with Crippen LogP contribution in [0.15, 0.2) is 121 Å². The van der Waals surface area contributed by atoms with Gasteiger partial charge in [0.2, 0.25) is 5.13 Å². The number of unbranched alkanes of at least 4 members (excludes halogenated alkanes) is 6. The van der Waals surface area contributed by atoms with Crippen molar-refractivity contribution < 1.29 is 66.7 Å². The van der Waals surface area contributed by atoms with Crippen LogP contribution >= 0.6 is 11.3 Å². The number of hydrogen-bond acceptors (Lipinski definition) is 18. The fourth-order valence-corrected chi connectivity index (χ4v) is 9.89. The Morgan fingerprint density at radius 2 is 1.06 bits per heavy atom. The first-order valence-electron chi connectivity index (χ1n) is 27.1. The summed E-state index contributed by atoms with van der Waals surface area (Å²) in [6.45, 7) is 8.56. The number of carbonyl (C=O) groups is 6. The van der Waals surface area contributed by atoms with Crippen LogP contribution in [0.1, 0.15) is 129 Å². The molecular formula is C61H69N3O14S. The number of carbonyl (C=O) groups excluding carboxylic acids is 6. The third kappa shape index (κ3) is 18.9. The quantitative estimate of drug-likeness (QED) is 0.00830. The van der Waals surface area contributed by atoms with Gasteiger partial charge in [-0.25, -0.2) is 29.2 Å². The molecule has 5 aromatic rings. The van der Waals surface area contributed by atoms with E-state index in [-0.39, 0.29) is 29.3 Å². The number of hydrogen-bond donors (Lipinski definition) is 0. The minimum atomic E-state index is -0.579. The molecule has 418 valence electrons. The lowest BCUT2D eigenvalue weighted by atomic mass is 9.87. The monoisotopic (exact) mass is 1100 g/mol. The molecule has 0 unspecified atom stereocenters. The second-order valence-corrected chi connectivity index (χ2v) is 20.4. The number of rotatable bonds is 29. The van der Waals surface area contributed by atoms with Crippen molar-refractivity contribution in [3.63, 3.8) is 0 Å². The van der Waals surface area contributed by atoms with E-state index >= 15 is 0 Å². The molecule has 0 radical (unpaired) electrons. The minimum absolute atomic E-state index is 0.220. The summed E-state index contributed by atoms with van der Waals surface area (Å²) in [5, 5.41) is 6.87. The van der Waals surface area contributed by atoms with Gasteiger partial charge in [0.25, 0.3) is 0 Å². The van der Waals surface area contributed by atoms with Gasteiger partial charge in [-0.15, -0.1) is 0 Å². The highest BCUT2D eigenvalue weighted by molar-refractivity contribution is 7.22. The van der Waals surface area contributed by atoms with Gasteiger partial charge in [0, 0.05) is 24.8 Å². The molecule has 0 bridgehead atoms. The molecule has 2 aliphatic carbocycles. The van der Waals surface area contributed by atoms with Crippen LogP contribution in [0.4, 0.5) is 5.13 Å². The van der Waals surface area contributed by atoms with E-state index in [2.05, 4.69) is 23.2 Å². The lowest BCUT2D eigenvalue weighted by Crippen LogP contribution is -2.30. The number of ether oxygens (including phenoxy) is 8. The summed E-state index contributed by atoms with van der Waals surface area (Å²) in [6.07, 6.45) is 13.7. The second-order valence-electron chi connectivity index (χ2n) is 19.3. The molecule has 1 aromatic heterocycles. The largest absolute Gasteiger partial charge is 0.494 e. The standard InChI is InChI=1S/C61H69N3O14S/c1-4-55(65)73-38-14-8-6-12-36-71-46-24-18-42(19-25-46)57(67)75-48-26-20-44(21-27-48)59(69)78-51-34-35-52(45(40-51)41-62-64(3)61-63-53-16-10-11-17-54(53)79-61)60(70)77-49-28-22-43(23-29-49)58(68)76-50-32-30-47(31-33-50)72-37-13-7-9-15-39-74-56(66)5-2/h4-5,10-11,16-19,24-25,30-35,40-41,43-44,48-49H,1-2,6-9,12-15,20-23,26-29,36-39H2,3H3/b62-41+. The van der Waals surface area contributed by atoms with Gasteiger partial charge < -0.3 is 37.9 Å². The van der Waals surface area contributed by atoms with E-state index in [1.54, 1.807) is 78.8 Å². The molecule has 17 nitrogen and oxygen atoms in total. The fourth-order valence-electron chi connectivity index (χ4n) is 9.01. The Bertz CT molecular complexity index is 2840. The van der Waals surface area contributed by atoms with Crippen molar-refractivity contribution in [2.75, 3.05) is 38.5 Å². The summed E-state index contributed by atoms with van der Waals surface area (Å²) in [7, 11) is 1.76. The Morgan fingerprint density at radius 3 is 1.61 bits per heavy atom. The van der Waals surface area contributed by atoms with Crippen molar-refractivity contribution >= 4 is 68.7 Å². The third-order valence-electron chi connectivity index (χ3n) is 13.5. The van der Waals surface area contributed by atoms with Crippen LogP contribution in [0.5, 0.6) is 23.0 Å². The molecule has 18 heteroatoms. The lowest BCUT2D eigenvalue weighted by Gasteiger charge is -2.27. The Kier molecular flexibility index (Phi) is 23.0. The molecule has 4 aromatic carbocycles. The van der Waals surface area contributed by atoms with E-state index in [0.717, 1.165) is 73.7 Å². The number of thiazole rings is 1. The van der Waals surface area contributed by atoms with Crippen LogP contribution in [-0.2, 0) is 38.1 Å². The van der Waals surface area contributed by atoms with Crippen molar-refractivity contribution in [2.45, 2.75) is 115 Å². The number of esters is 6. The summed E-state index contributed by atoms with van der Waals surface area (Å²) < 4.78 is 46.1. The van der Waals surface area contributed by atoms with Gasteiger partial charge in [0.15, 0.2) is 0 Å². The first-order chi connectivity index (χ1) is 38.4. The highest BCUT2D eigenvalue weighted by atomic mass is 32.1. The molecular weight excluding hydrogens is 1030 g/mol. The molecule has 2 fully saturated rings. The summed E-state index contributed by atoms with van der Waals surface area (Å²) in [5.41, 5.74) is 1.82. The Morgan fingerprint density at radius 1 is 0.582 bits per heavy atom. The molecule has 2 aliphatic rings. The molecule has 79 heavy (non-hydrogen) atoms. The Labute approximate surface area is 464 Å². The number of nitrogens with zero attached hydrogens (tertiary/aromatic N) is 3. The van der Waals surface area contributed by atoms with Crippen molar-refractivity contribution in [1.29, 1.82) is 0 Å². The molecule has 1 heterocycles. The molecule has 0 spiro atoms. The summed E-state index contributed by atoms with van der Waals surface area (Å²) >= 11 is 1.47. The van der Waals surface area contributed by atoms with Gasteiger partial charge in [-0.05, 0) is 182 Å². The first-order valence-corrected chi connectivity index (χ1v) is 27.9. The van der Waals surface area contributed by atoms with Crippen LogP contribution in [0.2, 0.25) is 0 Å². The maximum atomic E-state index is 13.9. The van der Waals surface area contributed by atoms with Crippen molar-refractivity contribution in [3.05, 3.63) is 133 Å². The van der Waals surface area contributed by atoms with Crippen LogP contribution < -0.4 is 24.0 Å². The van der Waals surface area contributed by atoms with Gasteiger partial charge in [0.1, 0.15) is 35.2 Å². The van der Waals surface area contributed by atoms with E-state index in [1.165, 1.54) is 17.6 Å². The lowest BCUT2D eigenvalue weighted by molar-refractivity contribution is -0.141. The molecule has 0 aliphatic heterocycles. The van der Waals surface area contributed by atoms with Gasteiger partial charge in [-0.2, -0.15) is 5.10 Å². The molecule has 0 saturated heterocycles. The highest BCUT2D eigenvalue weighted by Crippen LogP contribution is 2.33. The predicted octanol–water partition coefficient (Wildman–Crippen LogP) is 11.7. The summed E-state index contributed by atoms with van der Waals surface area (Å²) in [4.78, 5) is 80.7. The Balaban J connectivity index is 0.865. The van der Waals surface area contributed by atoms with Gasteiger partial charge in [-0.1, -0.05) is 36.6 Å². The molecule has 0 atom stereocenters. The highest BCUT2D eigenvalue weighted by Gasteiger charge is 2.32. The number of benzene rings is 4. The predicted molar refractivity (Wildman–Crippen MR) is 299 cm³/mol. The maximum Gasteiger partial charge on any atom is 0.339 e. The number of para-hydroxylation sites is 1. The van der Waals surface area contributed by atoms with Crippen molar-refractivity contribution in [3.8, 4) is 23.0 Å². The third-order valence-corrected chi connectivity index (χ3v) is 14.6. The smallest absolute Gasteiger partial charge is 0.339 e. The first kappa shape index (κ1) is 58.8. The zero-order valence-electron chi connectivity index (χ0n) is 44.7. The topological polar surface area (TPSA) is 205 Å². The van der Waals surface area contributed by atoms with Crippen LogP contribution in [0.3, 0.4) is 0 Å². The molecule has 2 saturated carbocycles. The van der Waals surface area contributed by atoms with Crippen molar-refractivity contribution in [1.82, 2.24) is 4.98 Å². The minimum Gasteiger partial charge on any atom is -0.494 e. The van der Waals surface area contributed by atoms with Crippen molar-refractivity contribution in [2.24, 2.45) is 16.9 Å². The van der Waals surface area contributed by atoms with E-state index < -0.39 is 41.9 Å². The molecule has 7 rings (SSSR count). The SMILES string of the molecule is C=CC(=O)OCCCCCCOc1ccc(OC(=O)C2CCC(OC(=O)c3ccc(OC(=O)C4CCC(OC(=O)c5ccc(OCCCCCCOC(=O)C=C)cc5)CC4)cc3/C=N/N(C)c3nc4ccccc4s3)CC2)cc1. The average molecular weight is 1100 g/mol. The van der Waals surface area contributed by atoms with Crippen LogP contribution in [-0.4, -0.2) is 92.7 Å². The fraction of sp³-hybridized carbons (Fsp3) is 0.410. The zero-order valence-corrected chi connectivity index (χ0v) is 45.5. The van der Waals surface area contributed by atoms with Gasteiger partial charge >= 0.3 is 35.8 Å². The van der Waals surface area contributed by atoms with E-state index in [4.69, 9.17) is 37.9 Å². The number of fused-ring (bicyclic) bond motifs is 1. The van der Waals surface area contributed by atoms with E-state index in [1.807, 2.05) is 24.3 Å². The van der Waals surface area contributed by atoms with Crippen LogP contribution in [0, 0.1) is 11.8 Å². The van der Waals surface area contributed by atoms with Gasteiger partial charge in [-0.3, -0.25) is 9.59 Å². The zero-order chi connectivity index (χ0) is 55.8. The van der Waals surface area contributed by atoms with Gasteiger partial charge in [0.05, 0.1) is 65.8 Å². The number of hydrazone groups is 1. The average Bonchev–Trinajstić information content (AvgIpc) is 3.92. The van der Waals surface area contributed by atoms with E-state index in [0.29, 0.717) is 111 Å². The molecule has 0 N–H and O–H groups in total. The number of aromatic nitrogens is 1. The summed E-state index contributed by atoms with van der Waals surface area (Å²) in [5.74, 6) is -1.47. The van der Waals surface area contributed by atoms with Crippen LogP contribution in [0.25, 0.3) is 10.2 Å². The second kappa shape index (κ2) is 30.9. The number of anilines is 1. The summed E-state index contributed by atoms with van der Waals surface area (Å²) in [6, 6.07) is 26.2. The normalized spacial score (nSPS) is 17.0. The molecule has 0 amide bonds. The van der Waals surface area contributed by atoms with E-state index in [9.17, 15) is 28.8 Å². The maximum absolute atomic E-state index is 13.9.